The summed E-state index contributed by atoms with van der Waals surface area (Å²) in [5.41, 5.74) is 0.887. The summed E-state index contributed by atoms with van der Waals surface area (Å²) in [5.74, 6) is 0.616. The summed E-state index contributed by atoms with van der Waals surface area (Å²) < 4.78 is 5.00. The SMILES string of the molecule is CCNc1c[c]cnc1OC. The first-order valence-electron chi connectivity index (χ1n) is 3.52. The molecule has 0 atom stereocenters. The van der Waals surface area contributed by atoms with Crippen LogP contribution in [0, 0.1) is 6.07 Å². The van der Waals surface area contributed by atoms with E-state index in [1.165, 1.54) is 0 Å². The van der Waals surface area contributed by atoms with Crippen LogP contribution in [0.2, 0.25) is 0 Å². The van der Waals surface area contributed by atoms with Gasteiger partial charge in [-0.25, -0.2) is 4.98 Å². The number of nitrogens with one attached hydrogen (secondary N) is 1. The lowest BCUT2D eigenvalue weighted by molar-refractivity contribution is 0.399. The third-order valence-corrected chi connectivity index (χ3v) is 1.27. The largest absolute Gasteiger partial charge is 0.480 e. The molecule has 1 heterocycles. The van der Waals surface area contributed by atoms with Gasteiger partial charge in [-0.3, -0.25) is 0 Å². The molecule has 1 N–H and O–H groups in total. The molecule has 0 fully saturated rings. The molecule has 11 heavy (non-hydrogen) atoms. The maximum atomic E-state index is 5.00. The van der Waals surface area contributed by atoms with Gasteiger partial charge in [0, 0.05) is 18.8 Å². The molecule has 3 nitrogen and oxygen atoms in total. The van der Waals surface area contributed by atoms with Gasteiger partial charge in [0.05, 0.1) is 12.8 Å². The highest BCUT2D eigenvalue weighted by atomic mass is 16.5. The number of ether oxygens (including phenoxy) is 1. The quantitative estimate of drug-likeness (QED) is 0.707. The van der Waals surface area contributed by atoms with E-state index in [1.807, 2.05) is 13.0 Å². The molecule has 0 saturated heterocycles. The minimum atomic E-state index is 0.616. The lowest BCUT2D eigenvalue weighted by Crippen LogP contribution is -2.00. The number of hydrogen-bond acceptors (Lipinski definition) is 3. The highest BCUT2D eigenvalue weighted by molar-refractivity contribution is 5.51. The lowest BCUT2D eigenvalue weighted by atomic mass is 10.4. The van der Waals surface area contributed by atoms with Crippen molar-refractivity contribution in [2.24, 2.45) is 0 Å². The van der Waals surface area contributed by atoms with Crippen molar-refractivity contribution in [3.8, 4) is 5.88 Å². The van der Waals surface area contributed by atoms with Gasteiger partial charge < -0.3 is 10.1 Å². The Labute approximate surface area is 66.4 Å². The monoisotopic (exact) mass is 151 g/mol. The van der Waals surface area contributed by atoms with Crippen LogP contribution in [0.5, 0.6) is 5.88 Å². The number of pyridine rings is 1. The van der Waals surface area contributed by atoms with E-state index in [9.17, 15) is 0 Å². The molecule has 1 rings (SSSR count). The molecule has 1 aromatic rings. The Morgan fingerprint density at radius 2 is 2.55 bits per heavy atom. The maximum Gasteiger partial charge on any atom is 0.237 e. The Bertz CT molecular complexity index is 225. The molecule has 0 aliphatic carbocycles. The van der Waals surface area contributed by atoms with Gasteiger partial charge in [-0.2, -0.15) is 0 Å². The van der Waals surface area contributed by atoms with Gasteiger partial charge in [-0.05, 0) is 13.0 Å². The average Bonchev–Trinajstić information content (AvgIpc) is 2.06. The molecule has 0 aromatic carbocycles. The minimum Gasteiger partial charge on any atom is -0.480 e. The molecule has 0 aliphatic heterocycles. The first kappa shape index (κ1) is 7.85. The normalized spacial score (nSPS) is 9.27. The van der Waals surface area contributed by atoms with Crippen LogP contribution in [0.4, 0.5) is 5.69 Å². The fourth-order valence-corrected chi connectivity index (χ4v) is 0.828. The van der Waals surface area contributed by atoms with E-state index >= 15 is 0 Å². The van der Waals surface area contributed by atoms with Crippen LogP contribution in [0.1, 0.15) is 6.92 Å². The van der Waals surface area contributed by atoms with Gasteiger partial charge in [0.15, 0.2) is 0 Å². The third kappa shape index (κ3) is 1.83. The number of aromatic nitrogens is 1. The van der Waals surface area contributed by atoms with Crippen LogP contribution in [-0.2, 0) is 0 Å². The highest BCUT2D eigenvalue weighted by Crippen LogP contribution is 2.18. The molecule has 59 valence electrons. The van der Waals surface area contributed by atoms with Crippen molar-refractivity contribution in [2.45, 2.75) is 6.92 Å². The summed E-state index contributed by atoms with van der Waals surface area (Å²) >= 11 is 0. The molecule has 0 saturated carbocycles. The predicted octanol–water partition coefficient (Wildman–Crippen LogP) is 1.32. The van der Waals surface area contributed by atoms with Crippen LogP contribution >= 0.6 is 0 Å². The van der Waals surface area contributed by atoms with E-state index in [0.29, 0.717) is 5.88 Å². The molecule has 1 radical (unpaired) electrons. The second kappa shape index (κ2) is 3.81. The van der Waals surface area contributed by atoms with Gasteiger partial charge in [0.25, 0.3) is 0 Å². The highest BCUT2D eigenvalue weighted by Gasteiger charge is 1.99. The number of hydrogen-bond donors (Lipinski definition) is 1. The molecular formula is C8H11N2O. The zero-order chi connectivity index (χ0) is 8.10. The Morgan fingerprint density at radius 1 is 1.73 bits per heavy atom. The molecular weight excluding hydrogens is 140 g/mol. The smallest absolute Gasteiger partial charge is 0.237 e. The van der Waals surface area contributed by atoms with E-state index in [2.05, 4.69) is 16.4 Å². The van der Waals surface area contributed by atoms with E-state index in [4.69, 9.17) is 4.74 Å². The zero-order valence-corrected chi connectivity index (χ0v) is 6.72. The number of anilines is 1. The second-order valence-corrected chi connectivity index (χ2v) is 2.02. The summed E-state index contributed by atoms with van der Waals surface area (Å²) in [6.45, 7) is 2.88. The molecule has 0 spiro atoms. The van der Waals surface area contributed by atoms with Crippen LogP contribution in [0.15, 0.2) is 12.3 Å². The molecule has 0 aliphatic rings. The van der Waals surface area contributed by atoms with Gasteiger partial charge in [-0.15, -0.1) is 0 Å². The summed E-state index contributed by atoms with van der Waals surface area (Å²) in [7, 11) is 1.60. The van der Waals surface area contributed by atoms with E-state index < -0.39 is 0 Å². The van der Waals surface area contributed by atoms with Crippen LogP contribution < -0.4 is 10.1 Å². The Kier molecular flexibility index (Phi) is 2.72. The van der Waals surface area contributed by atoms with Crippen LogP contribution in [0.3, 0.4) is 0 Å². The third-order valence-electron chi connectivity index (χ3n) is 1.27. The number of rotatable bonds is 3. The number of nitrogens with zero attached hydrogens (tertiary/aromatic N) is 1. The average molecular weight is 151 g/mol. The Balaban J connectivity index is 2.83. The van der Waals surface area contributed by atoms with Crippen molar-refractivity contribution < 1.29 is 4.74 Å². The summed E-state index contributed by atoms with van der Waals surface area (Å²) in [5, 5.41) is 3.11. The molecule has 0 bridgehead atoms. The minimum absolute atomic E-state index is 0.616. The van der Waals surface area contributed by atoms with Gasteiger partial charge in [0.2, 0.25) is 5.88 Å². The summed E-state index contributed by atoms with van der Waals surface area (Å²) in [6.07, 6.45) is 1.58. The second-order valence-electron chi connectivity index (χ2n) is 2.02. The number of methoxy groups -OCH3 is 1. The van der Waals surface area contributed by atoms with Gasteiger partial charge >= 0.3 is 0 Å². The van der Waals surface area contributed by atoms with E-state index in [1.54, 1.807) is 13.3 Å². The Hall–Kier alpha value is -1.25. The lowest BCUT2D eigenvalue weighted by Gasteiger charge is -2.06. The first-order chi connectivity index (χ1) is 5.38. The summed E-state index contributed by atoms with van der Waals surface area (Å²) in [6, 6.07) is 4.68. The molecule has 3 heteroatoms. The zero-order valence-electron chi connectivity index (χ0n) is 6.72. The van der Waals surface area contributed by atoms with E-state index in [-0.39, 0.29) is 0 Å². The Morgan fingerprint density at radius 3 is 3.18 bits per heavy atom. The summed E-state index contributed by atoms with van der Waals surface area (Å²) in [4.78, 5) is 3.98. The van der Waals surface area contributed by atoms with Crippen molar-refractivity contribution in [1.82, 2.24) is 4.98 Å². The van der Waals surface area contributed by atoms with Gasteiger partial charge in [0.1, 0.15) is 0 Å². The standard InChI is InChI=1S/C8H11N2O/c1-3-9-7-5-4-6-10-8(7)11-2/h5-6,9H,3H2,1-2H3. The molecule has 0 amide bonds. The maximum absolute atomic E-state index is 5.00. The fourth-order valence-electron chi connectivity index (χ4n) is 0.828. The fraction of sp³-hybridized carbons (Fsp3) is 0.375. The predicted molar refractivity (Wildman–Crippen MR) is 43.8 cm³/mol. The van der Waals surface area contributed by atoms with Crippen molar-refractivity contribution in [2.75, 3.05) is 19.0 Å². The first-order valence-corrected chi connectivity index (χ1v) is 3.52. The molecule has 0 unspecified atom stereocenters. The van der Waals surface area contributed by atoms with Crippen LogP contribution in [-0.4, -0.2) is 18.6 Å². The van der Waals surface area contributed by atoms with Crippen LogP contribution in [0.25, 0.3) is 0 Å². The topological polar surface area (TPSA) is 34.2 Å². The van der Waals surface area contributed by atoms with Crippen molar-refractivity contribution in [1.29, 1.82) is 0 Å². The van der Waals surface area contributed by atoms with Crippen molar-refractivity contribution >= 4 is 5.69 Å². The van der Waals surface area contributed by atoms with E-state index in [0.717, 1.165) is 12.2 Å². The molecule has 1 aromatic heterocycles. The van der Waals surface area contributed by atoms with Crippen molar-refractivity contribution in [3.63, 3.8) is 0 Å². The van der Waals surface area contributed by atoms with Crippen molar-refractivity contribution in [3.05, 3.63) is 18.3 Å². The van der Waals surface area contributed by atoms with Gasteiger partial charge in [-0.1, -0.05) is 0 Å².